The quantitative estimate of drug-likeness (QED) is 0.681. The van der Waals surface area contributed by atoms with E-state index in [4.69, 9.17) is 27.9 Å². The Bertz CT molecular complexity index is 980. The molecule has 2 aromatic carbocycles. The zero-order chi connectivity index (χ0) is 21.1. The number of benzene rings is 2. The summed E-state index contributed by atoms with van der Waals surface area (Å²) in [5, 5.41) is 3.66. The number of rotatable bonds is 7. The fraction of sp³-hybridized carbons (Fsp3) is 0.316. The van der Waals surface area contributed by atoms with Gasteiger partial charge >= 0.3 is 0 Å². The molecule has 0 aromatic heterocycles. The van der Waals surface area contributed by atoms with Gasteiger partial charge < -0.3 is 10.1 Å². The molecule has 1 atom stereocenters. The minimum atomic E-state index is -3.82. The molecular formula is C19H22Cl2N2O4S. The molecule has 0 heterocycles. The van der Waals surface area contributed by atoms with Crippen LogP contribution in [-0.2, 0) is 14.8 Å². The van der Waals surface area contributed by atoms with E-state index in [1.54, 1.807) is 44.2 Å². The standard InChI is InChI=1S/C19H22Cl2N2O4S/c1-5-16(19(24)22-15-8-6-13(20)10-12(15)2)23(28(4,25)26)17-11-14(21)7-9-18(17)27-3/h6-11,16H,5H2,1-4H3,(H,22,24). The third kappa shape index (κ3) is 5.10. The number of nitrogens with one attached hydrogen (secondary N) is 1. The van der Waals surface area contributed by atoms with Crippen LogP contribution in [0, 0.1) is 6.92 Å². The highest BCUT2D eigenvalue weighted by Crippen LogP contribution is 2.35. The van der Waals surface area contributed by atoms with Crippen LogP contribution in [0.4, 0.5) is 11.4 Å². The molecule has 1 amide bonds. The van der Waals surface area contributed by atoms with Gasteiger partial charge in [0.05, 0.1) is 19.1 Å². The Kier molecular flexibility index (Phi) is 7.20. The molecule has 0 aliphatic heterocycles. The molecule has 0 fully saturated rings. The number of hydrogen-bond acceptors (Lipinski definition) is 4. The fourth-order valence-electron chi connectivity index (χ4n) is 2.85. The van der Waals surface area contributed by atoms with Crippen molar-refractivity contribution in [3.05, 3.63) is 52.0 Å². The van der Waals surface area contributed by atoms with E-state index in [0.717, 1.165) is 16.1 Å². The molecule has 0 saturated carbocycles. The molecule has 0 radical (unpaired) electrons. The third-order valence-corrected chi connectivity index (χ3v) is 5.79. The Morgan fingerprint density at radius 1 is 1.18 bits per heavy atom. The zero-order valence-electron chi connectivity index (χ0n) is 16.0. The summed E-state index contributed by atoms with van der Waals surface area (Å²) >= 11 is 12.0. The summed E-state index contributed by atoms with van der Waals surface area (Å²) < 4.78 is 31.6. The number of carbonyl (C=O) groups excluding carboxylic acids is 1. The van der Waals surface area contributed by atoms with Crippen molar-refractivity contribution >= 4 is 50.5 Å². The maximum Gasteiger partial charge on any atom is 0.248 e. The van der Waals surface area contributed by atoms with Gasteiger partial charge in [0.15, 0.2) is 0 Å². The van der Waals surface area contributed by atoms with Gasteiger partial charge in [0.2, 0.25) is 15.9 Å². The monoisotopic (exact) mass is 444 g/mol. The molecule has 2 aromatic rings. The lowest BCUT2D eigenvalue weighted by molar-refractivity contribution is -0.117. The number of halogens is 2. The van der Waals surface area contributed by atoms with E-state index in [1.165, 1.54) is 13.2 Å². The number of aryl methyl sites for hydroxylation is 1. The van der Waals surface area contributed by atoms with E-state index in [2.05, 4.69) is 5.32 Å². The van der Waals surface area contributed by atoms with E-state index < -0.39 is 22.0 Å². The van der Waals surface area contributed by atoms with Gasteiger partial charge in [-0.25, -0.2) is 8.42 Å². The van der Waals surface area contributed by atoms with Gasteiger partial charge in [-0.3, -0.25) is 9.10 Å². The van der Waals surface area contributed by atoms with Crippen LogP contribution in [0.5, 0.6) is 5.75 Å². The fourth-order valence-corrected chi connectivity index (χ4v) is 4.45. The van der Waals surface area contributed by atoms with Crippen LogP contribution in [0.25, 0.3) is 0 Å². The Morgan fingerprint density at radius 3 is 2.32 bits per heavy atom. The van der Waals surface area contributed by atoms with Crippen LogP contribution >= 0.6 is 23.2 Å². The van der Waals surface area contributed by atoms with Gasteiger partial charge in [-0.05, 0) is 55.3 Å². The van der Waals surface area contributed by atoms with E-state index >= 15 is 0 Å². The Labute approximate surface area is 175 Å². The van der Waals surface area contributed by atoms with Crippen molar-refractivity contribution in [2.75, 3.05) is 23.0 Å². The van der Waals surface area contributed by atoms with Crippen molar-refractivity contribution < 1.29 is 17.9 Å². The topological polar surface area (TPSA) is 75.7 Å². The minimum absolute atomic E-state index is 0.201. The molecule has 152 valence electrons. The van der Waals surface area contributed by atoms with Gasteiger partial charge in [0, 0.05) is 15.7 Å². The summed E-state index contributed by atoms with van der Waals surface area (Å²) in [6.45, 7) is 3.53. The van der Waals surface area contributed by atoms with Crippen molar-refractivity contribution in [3.63, 3.8) is 0 Å². The van der Waals surface area contributed by atoms with Gasteiger partial charge in [0.25, 0.3) is 0 Å². The number of hydrogen-bond donors (Lipinski definition) is 1. The molecular weight excluding hydrogens is 423 g/mol. The molecule has 1 N–H and O–H groups in total. The van der Waals surface area contributed by atoms with Crippen molar-refractivity contribution in [1.82, 2.24) is 0 Å². The summed E-state index contributed by atoms with van der Waals surface area (Å²) in [6.07, 6.45) is 1.28. The highest BCUT2D eigenvalue weighted by molar-refractivity contribution is 7.92. The molecule has 0 spiro atoms. The summed E-state index contributed by atoms with van der Waals surface area (Å²) in [4.78, 5) is 13.0. The summed E-state index contributed by atoms with van der Waals surface area (Å²) in [6, 6.07) is 8.65. The van der Waals surface area contributed by atoms with E-state index in [-0.39, 0.29) is 12.1 Å². The average molecular weight is 445 g/mol. The number of carbonyl (C=O) groups is 1. The van der Waals surface area contributed by atoms with Gasteiger partial charge in [0.1, 0.15) is 11.8 Å². The molecule has 0 saturated heterocycles. The third-order valence-electron chi connectivity index (χ3n) is 4.15. The van der Waals surface area contributed by atoms with Crippen molar-refractivity contribution in [2.24, 2.45) is 0 Å². The lowest BCUT2D eigenvalue weighted by atomic mass is 10.1. The van der Waals surface area contributed by atoms with Crippen LogP contribution in [0.3, 0.4) is 0 Å². The lowest BCUT2D eigenvalue weighted by Crippen LogP contribution is -2.47. The number of amides is 1. The molecule has 0 bridgehead atoms. The molecule has 1 unspecified atom stereocenters. The first-order chi connectivity index (χ1) is 13.1. The highest BCUT2D eigenvalue weighted by Gasteiger charge is 2.33. The normalized spacial score (nSPS) is 12.4. The van der Waals surface area contributed by atoms with E-state index in [0.29, 0.717) is 21.5 Å². The highest BCUT2D eigenvalue weighted by atomic mass is 35.5. The first-order valence-electron chi connectivity index (χ1n) is 8.48. The summed E-state index contributed by atoms with van der Waals surface area (Å²) in [5.41, 5.74) is 1.52. The van der Waals surface area contributed by atoms with Crippen LogP contribution in [0.15, 0.2) is 36.4 Å². The summed E-state index contributed by atoms with van der Waals surface area (Å²) in [7, 11) is -2.40. The lowest BCUT2D eigenvalue weighted by Gasteiger charge is -2.31. The second-order valence-electron chi connectivity index (χ2n) is 6.25. The van der Waals surface area contributed by atoms with E-state index in [9.17, 15) is 13.2 Å². The Hall–Kier alpha value is -1.96. The second-order valence-corrected chi connectivity index (χ2v) is 8.98. The molecule has 0 aliphatic rings. The maximum atomic E-state index is 13.0. The number of ether oxygens (including phenoxy) is 1. The van der Waals surface area contributed by atoms with E-state index in [1.807, 2.05) is 0 Å². The summed E-state index contributed by atoms with van der Waals surface area (Å²) in [5.74, 6) is -0.177. The van der Waals surface area contributed by atoms with Crippen LogP contribution in [0.2, 0.25) is 10.0 Å². The number of sulfonamides is 1. The van der Waals surface area contributed by atoms with Gasteiger partial charge in [-0.1, -0.05) is 30.1 Å². The predicted molar refractivity (Wildman–Crippen MR) is 114 cm³/mol. The van der Waals surface area contributed by atoms with Crippen LogP contribution in [-0.4, -0.2) is 33.7 Å². The number of anilines is 2. The minimum Gasteiger partial charge on any atom is -0.495 e. The molecule has 9 heteroatoms. The number of nitrogens with zero attached hydrogens (tertiary/aromatic N) is 1. The van der Waals surface area contributed by atoms with Crippen LogP contribution < -0.4 is 14.4 Å². The predicted octanol–water partition coefficient (Wildman–Crippen LogP) is 4.49. The molecule has 2 rings (SSSR count). The SMILES string of the molecule is CCC(C(=O)Nc1ccc(Cl)cc1C)N(c1cc(Cl)ccc1OC)S(C)(=O)=O. The maximum absolute atomic E-state index is 13.0. The van der Waals surface area contributed by atoms with Gasteiger partial charge in [-0.2, -0.15) is 0 Å². The van der Waals surface area contributed by atoms with Crippen molar-refractivity contribution in [3.8, 4) is 5.75 Å². The van der Waals surface area contributed by atoms with Crippen molar-refractivity contribution in [2.45, 2.75) is 26.3 Å². The Balaban J connectivity index is 2.49. The van der Waals surface area contributed by atoms with Gasteiger partial charge in [-0.15, -0.1) is 0 Å². The first kappa shape index (κ1) is 22.3. The molecule has 28 heavy (non-hydrogen) atoms. The Morgan fingerprint density at radius 2 is 1.79 bits per heavy atom. The molecule has 0 aliphatic carbocycles. The zero-order valence-corrected chi connectivity index (χ0v) is 18.3. The molecule has 6 nitrogen and oxygen atoms in total. The van der Waals surface area contributed by atoms with Crippen LogP contribution in [0.1, 0.15) is 18.9 Å². The smallest absolute Gasteiger partial charge is 0.248 e. The second kappa shape index (κ2) is 9.03. The first-order valence-corrected chi connectivity index (χ1v) is 11.1. The number of methoxy groups -OCH3 is 1. The average Bonchev–Trinajstić information content (AvgIpc) is 2.60. The van der Waals surface area contributed by atoms with Crippen molar-refractivity contribution in [1.29, 1.82) is 0 Å². The largest absolute Gasteiger partial charge is 0.495 e.